The first-order valence-corrected chi connectivity index (χ1v) is 4.67. The predicted molar refractivity (Wildman–Crippen MR) is 52.9 cm³/mol. The summed E-state index contributed by atoms with van der Waals surface area (Å²) in [6.45, 7) is 1.93. The summed E-state index contributed by atoms with van der Waals surface area (Å²) in [5, 5.41) is 12.7. The van der Waals surface area contributed by atoms with Crippen LogP contribution in [0.5, 0.6) is 0 Å². The van der Waals surface area contributed by atoms with Gasteiger partial charge >= 0.3 is 5.97 Å². The number of rotatable bonds is 5. The van der Waals surface area contributed by atoms with Crippen molar-refractivity contribution in [2.75, 3.05) is 5.73 Å². The largest absolute Gasteiger partial charge is 0.480 e. The van der Waals surface area contributed by atoms with E-state index >= 15 is 0 Å². The molecule has 5 heteroatoms. The molecule has 14 heavy (non-hydrogen) atoms. The summed E-state index contributed by atoms with van der Waals surface area (Å²) in [7, 11) is 0. The Bertz CT molecular complexity index is 320. The minimum atomic E-state index is -0.929. The van der Waals surface area contributed by atoms with Crippen LogP contribution in [-0.4, -0.2) is 20.9 Å². The third-order valence-electron chi connectivity index (χ3n) is 1.93. The minimum Gasteiger partial charge on any atom is -0.480 e. The molecule has 1 aromatic rings. The zero-order valence-electron chi connectivity index (χ0n) is 8.23. The lowest BCUT2D eigenvalue weighted by molar-refractivity contribution is -0.137. The van der Waals surface area contributed by atoms with Crippen molar-refractivity contribution in [2.24, 2.45) is 0 Å². The highest BCUT2D eigenvalue weighted by Crippen LogP contribution is 2.09. The Kier molecular flexibility index (Phi) is 3.50. The van der Waals surface area contributed by atoms with Crippen LogP contribution in [0.1, 0.15) is 25.5 Å². The van der Waals surface area contributed by atoms with E-state index < -0.39 is 5.97 Å². The molecule has 1 heterocycles. The van der Waals surface area contributed by atoms with Gasteiger partial charge in [-0.3, -0.25) is 4.79 Å². The molecule has 78 valence electrons. The molecule has 0 unspecified atom stereocenters. The molecule has 0 bridgehead atoms. The van der Waals surface area contributed by atoms with Crippen LogP contribution in [0.2, 0.25) is 0 Å². The number of hydrogen-bond donors (Lipinski definition) is 2. The second kappa shape index (κ2) is 4.64. The van der Waals surface area contributed by atoms with Crippen LogP contribution in [0.3, 0.4) is 0 Å². The Hall–Kier alpha value is -1.52. The fourth-order valence-electron chi connectivity index (χ4n) is 1.22. The van der Waals surface area contributed by atoms with Gasteiger partial charge in [0.1, 0.15) is 12.4 Å². The number of nitrogen functional groups attached to an aromatic ring is 1. The zero-order chi connectivity index (χ0) is 10.6. The van der Waals surface area contributed by atoms with E-state index in [0.29, 0.717) is 5.82 Å². The normalized spacial score (nSPS) is 10.4. The maximum Gasteiger partial charge on any atom is 0.325 e. The Morgan fingerprint density at radius 1 is 1.71 bits per heavy atom. The van der Waals surface area contributed by atoms with Crippen LogP contribution in [0.4, 0.5) is 5.82 Å². The van der Waals surface area contributed by atoms with E-state index in [1.807, 2.05) is 0 Å². The summed E-state index contributed by atoms with van der Waals surface area (Å²) in [6.07, 6.45) is 2.99. The van der Waals surface area contributed by atoms with Gasteiger partial charge in [-0.15, -0.1) is 0 Å². The van der Waals surface area contributed by atoms with Crippen molar-refractivity contribution in [3.05, 3.63) is 11.8 Å². The van der Waals surface area contributed by atoms with Crippen molar-refractivity contribution in [3.63, 3.8) is 0 Å². The monoisotopic (exact) mass is 197 g/mol. The molecule has 0 amide bonds. The summed E-state index contributed by atoms with van der Waals surface area (Å²) < 4.78 is 1.31. The van der Waals surface area contributed by atoms with Gasteiger partial charge < -0.3 is 10.8 Å². The highest BCUT2D eigenvalue weighted by Gasteiger charge is 2.07. The molecule has 1 aromatic heterocycles. The van der Waals surface area contributed by atoms with Crippen molar-refractivity contribution < 1.29 is 9.90 Å². The third kappa shape index (κ3) is 2.76. The second-order valence-electron chi connectivity index (χ2n) is 3.22. The van der Waals surface area contributed by atoms with Crippen molar-refractivity contribution in [2.45, 2.75) is 32.7 Å². The number of hydrogen-bond acceptors (Lipinski definition) is 3. The van der Waals surface area contributed by atoms with Gasteiger partial charge in [0.05, 0.1) is 5.69 Å². The first-order valence-electron chi connectivity index (χ1n) is 4.67. The number of nitrogens with two attached hydrogens (primary N) is 1. The third-order valence-corrected chi connectivity index (χ3v) is 1.93. The van der Waals surface area contributed by atoms with E-state index in [0.717, 1.165) is 25.0 Å². The SMILES string of the molecule is CCCCc1cc(N)n(CC(=O)O)n1. The molecule has 0 fully saturated rings. The fraction of sp³-hybridized carbons (Fsp3) is 0.556. The number of carboxylic acids is 1. The van der Waals surface area contributed by atoms with Crippen molar-refractivity contribution >= 4 is 11.8 Å². The number of aromatic nitrogens is 2. The number of carbonyl (C=O) groups is 1. The van der Waals surface area contributed by atoms with Gasteiger partial charge in [0.15, 0.2) is 0 Å². The number of anilines is 1. The molecular weight excluding hydrogens is 182 g/mol. The minimum absolute atomic E-state index is 0.169. The van der Waals surface area contributed by atoms with E-state index in [1.165, 1.54) is 4.68 Å². The van der Waals surface area contributed by atoms with E-state index in [1.54, 1.807) is 6.07 Å². The lowest BCUT2D eigenvalue weighted by Crippen LogP contribution is -2.12. The van der Waals surface area contributed by atoms with Crippen LogP contribution >= 0.6 is 0 Å². The molecule has 0 spiro atoms. The number of nitrogens with zero attached hydrogens (tertiary/aromatic N) is 2. The van der Waals surface area contributed by atoms with Gasteiger partial charge in [0, 0.05) is 6.07 Å². The fourth-order valence-corrected chi connectivity index (χ4v) is 1.22. The summed E-state index contributed by atoms with van der Waals surface area (Å²) in [5.74, 6) is -0.514. The van der Waals surface area contributed by atoms with Gasteiger partial charge in [-0.05, 0) is 12.8 Å². The highest BCUT2D eigenvalue weighted by molar-refractivity contribution is 5.67. The van der Waals surface area contributed by atoms with Gasteiger partial charge in [0.2, 0.25) is 0 Å². The number of aliphatic carboxylic acids is 1. The molecule has 0 aliphatic rings. The number of carboxylic acid groups (broad SMARTS) is 1. The lowest BCUT2D eigenvalue weighted by atomic mass is 10.2. The molecule has 0 aliphatic carbocycles. The van der Waals surface area contributed by atoms with Gasteiger partial charge in [-0.25, -0.2) is 4.68 Å². The Morgan fingerprint density at radius 3 is 3.00 bits per heavy atom. The average Bonchev–Trinajstić information content (AvgIpc) is 2.43. The van der Waals surface area contributed by atoms with Crippen LogP contribution in [-0.2, 0) is 17.8 Å². The summed E-state index contributed by atoms with van der Waals surface area (Å²) in [4.78, 5) is 10.4. The number of aryl methyl sites for hydroxylation is 1. The van der Waals surface area contributed by atoms with Gasteiger partial charge in [0.25, 0.3) is 0 Å². The Labute approximate surface area is 82.5 Å². The van der Waals surface area contributed by atoms with Crippen LogP contribution in [0.15, 0.2) is 6.07 Å². The predicted octanol–water partition coefficient (Wildman–Crippen LogP) is 0.893. The summed E-state index contributed by atoms with van der Waals surface area (Å²) in [5.41, 5.74) is 6.46. The molecule has 0 saturated heterocycles. The van der Waals surface area contributed by atoms with Crippen LogP contribution in [0.25, 0.3) is 0 Å². The zero-order valence-corrected chi connectivity index (χ0v) is 8.23. The molecular formula is C9H15N3O2. The van der Waals surface area contributed by atoms with Crippen molar-refractivity contribution in [3.8, 4) is 0 Å². The summed E-state index contributed by atoms with van der Waals surface area (Å²) >= 11 is 0. The first-order chi connectivity index (χ1) is 6.63. The topological polar surface area (TPSA) is 81.1 Å². The maximum atomic E-state index is 10.4. The van der Waals surface area contributed by atoms with Gasteiger partial charge in [-0.2, -0.15) is 5.10 Å². The maximum absolute atomic E-state index is 10.4. The van der Waals surface area contributed by atoms with Crippen LogP contribution in [0, 0.1) is 0 Å². The Balaban J connectivity index is 2.66. The average molecular weight is 197 g/mol. The molecule has 5 nitrogen and oxygen atoms in total. The van der Waals surface area contributed by atoms with E-state index in [2.05, 4.69) is 12.0 Å². The first kappa shape index (κ1) is 10.6. The number of unbranched alkanes of at least 4 members (excludes halogenated alkanes) is 1. The van der Waals surface area contributed by atoms with Crippen molar-refractivity contribution in [1.29, 1.82) is 0 Å². The standard InChI is InChI=1S/C9H15N3O2/c1-2-3-4-7-5-8(10)12(11-7)6-9(13)14/h5H,2-4,6,10H2,1H3,(H,13,14). The molecule has 0 saturated carbocycles. The molecule has 3 N–H and O–H groups in total. The van der Waals surface area contributed by atoms with Crippen molar-refractivity contribution in [1.82, 2.24) is 9.78 Å². The highest BCUT2D eigenvalue weighted by atomic mass is 16.4. The molecule has 1 rings (SSSR count). The molecule has 0 radical (unpaired) electrons. The second-order valence-corrected chi connectivity index (χ2v) is 3.22. The molecule has 0 aromatic carbocycles. The Morgan fingerprint density at radius 2 is 2.43 bits per heavy atom. The van der Waals surface area contributed by atoms with E-state index in [4.69, 9.17) is 10.8 Å². The molecule has 0 atom stereocenters. The van der Waals surface area contributed by atoms with Gasteiger partial charge in [-0.1, -0.05) is 13.3 Å². The van der Waals surface area contributed by atoms with Crippen LogP contribution < -0.4 is 5.73 Å². The smallest absolute Gasteiger partial charge is 0.325 e. The lowest BCUT2D eigenvalue weighted by Gasteiger charge is -1.97. The quantitative estimate of drug-likeness (QED) is 0.734. The van der Waals surface area contributed by atoms with E-state index in [9.17, 15) is 4.79 Å². The summed E-state index contributed by atoms with van der Waals surface area (Å²) in [6, 6.07) is 1.73. The van der Waals surface area contributed by atoms with E-state index in [-0.39, 0.29) is 6.54 Å². The molecule has 0 aliphatic heterocycles.